The van der Waals surface area contributed by atoms with Crippen LogP contribution in [-0.2, 0) is 4.84 Å². The van der Waals surface area contributed by atoms with Crippen LogP contribution in [0.3, 0.4) is 0 Å². The molecule has 0 saturated carbocycles. The average molecular weight is 198 g/mol. The number of hydrogen-bond donors (Lipinski definition) is 2. The molecule has 3 nitrogen and oxygen atoms in total. The molecule has 0 aromatic rings. The van der Waals surface area contributed by atoms with Crippen molar-refractivity contribution in [2.45, 2.75) is 57.0 Å². The fraction of sp³-hybridized carbons (Fsp3) is 1.00. The van der Waals surface area contributed by atoms with E-state index in [2.05, 4.69) is 10.8 Å². The molecule has 2 rings (SSSR count). The Hall–Kier alpha value is -0.120. The molecule has 0 bridgehead atoms. The number of rotatable bonds is 1. The molecular weight excluding hydrogens is 176 g/mol. The van der Waals surface area contributed by atoms with E-state index in [9.17, 15) is 0 Å². The van der Waals surface area contributed by atoms with Crippen LogP contribution in [0.2, 0.25) is 0 Å². The molecule has 2 aliphatic rings. The molecule has 0 aliphatic carbocycles. The Bertz CT molecular complexity index is 129. The third kappa shape index (κ3) is 2.94. The molecule has 2 atom stereocenters. The van der Waals surface area contributed by atoms with E-state index in [1.54, 1.807) is 0 Å². The van der Waals surface area contributed by atoms with Gasteiger partial charge in [-0.1, -0.05) is 12.8 Å². The SMILES string of the molecule is C1CCNC(C2CCCCON2)CC1. The van der Waals surface area contributed by atoms with E-state index >= 15 is 0 Å². The van der Waals surface area contributed by atoms with Gasteiger partial charge in [0.25, 0.3) is 0 Å². The normalized spacial score (nSPS) is 36.0. The summed E-state index contributed by atoms with van der Waals surface area (Å²) < 4.78 is 0. The Kier molecular flexibility index (Phi) is 4.22. The molecule has 82 valence electrons. The Morgan fingerprint density at radius 2 is 1.71 bits per heavy atom. The van der Waals surface area contributed by atoms with E-state index in [1.165, 1.54) is 51.5 Å². The van der Waals surface area contributed by atoms with Crippen molar-refractivity contribution in [1.29, 1.82) is 0 Å². The number of hydroxylamine groups is 1. The van der Waals surface area contributed by atoms with E-state index in [0.717, 1.165) is 6.61 Å². The van der Waals surface area contributed by atoms with Crippen LogP contribution in [-0.4, -0.2) is 25.2 Å². The third-order valence-electron chi connectivity index (χ3n) is 3.33. The van der Waals surface area contributed by atoms with Crippen molar-refractivity contribution in [3.05, 3.63) is 0 Å². The van der Waals surface area contributed by atoms with Crippen molar-refractivity contribution in [3.8, 4) is 0 Å². The van der Waals surface area contributed by atoms with E-state index in [4.69, 9.17) is 4.84 Å². The minimum atomic E-state index is 0.538. The van der Waals surface area contributed by atoms with Crippen LogP contribution < -0.4 is 10.8 Å². The summed E-state index contributed by atoms with van der Waals surface area (Å²) in [6.07, 6.45) is 9.17. The molecule has 3 heteroatoms. The van der Waals surface area contributed by atoms with Crippen LogP contribution >= 0.6 is 0 Å². The van der Waals surface area contributed by atoms with Gasteiger partial charge in [0.15, 0.2) is 0 Å². The zero-order chi connectivity index (χ0) is 9.64. The molecule has 0 aromatic heterocycles. The lowest BCUT2D eigenvalue weighted by Gasteiger charge is -2.25. The van der Waals surface area contributed by atoms with Gasteiger partial charge in [-0.05, 0) is 38.6 Å². The maximum absolute atomic E-state index is 5.41. The second-order valence-corrected chi connectivity index (χ2v) is 4.48. The fourth-order valence-corrected chi connectivity index (χ4v) is 2.45. The maximum Gasteiger partial charge on any atom is 0.0682 e. The molecule has 2 saturated heterocycles. The van der Waals surface area contributed by atoms with Crippen molar-refractivity contribution in [1.82, 2.24) is 10.8 Å². The first kappa shape index (κ1) is 10.4. The molecule has 14 heavy (non-hydrogen) atoms. The summed E-state index contributed by atoms with van der Waals surface area (Å²) in [7, 11) is 0. The summed E-state index contributed by atoms with van der Waals surface area (Å²) in [6.45, 7) is 2.06. The maximum atomic E-state index is 5.41. The van der Waals surface area contributed by atoms with Gasteiger partial charge in [-0.25, -0.2) is 0 Å². The quantitative estimate of drug-likeness (QED) is 0.671. The molecule has 0 amide bonds. The second-order valence-electron chi connectivity index (χ2n) is 4.48. The van der Waals surface area contributed by atoms with Crippen molar-refractivity contribution in [2.75, 3.05) is 13.2 Å². The fourth-order valence-electron chi connectivity index (χ4n) is 2.45. The molecule has 2 heterocycles. The first-order chi connectivity index (χ1) is 6.97. The molecule has 2 unspecified atom stereocenters. The highest BCUT2D eigenvalue weighted by Gasteiger charge is 2.23. The summed E-state index contributed by atoms with van der Waals surface area (Å²) in [4.78, 5) is 5.41. The van der Waals surface area contributed by atoms with Crippen LogP contribution in [0.5, 0.6) is 0 Å². The van der Waals surface area contributed by atoms with Gasteiger partial charge >= 0.3 is 0 Å². The van der Waals surface area contributed by atoms with Crippen LogP contribution in [0.15, 0.2) is 0 Å². The Morgan fingerprint density at radius 3 is 2.71 bits per heavy atom. The van der Waals surface area contributed by atoms with Crippen LogP contribution in [0, 0.1) is 0 Å². The molecule has 2 fully saturated rings. The van der Waals surface area contributed by atoms with E-state index in [1.807, 2.05) is 0 Å². The van der Waals surface area contributed by atoms with Gasteiger partial charge in [0.2, 0.25) is 0 Å². The van der Waals surface area contributed by atoms with Crippen molar-refractivity contribution >= 4 is 0 Å². The van der Waals surface area contributed by atoms with Crippen LogP contribution in [0.1, 0.15) is 44.9 Å². The van der Waals surface area contributed by atoms with Crippen LogP contribution in [0.25, 0.3) is 0 Å². The molecule has 0 spiro atoms. The summed E-state index contributed by atoms with van der Waals surface area (Å²) in [5.41, 5.74) is 3.22. The molecule has 0 radical (unpaired) electrons. The molecular formula is C11H22N2O. The summed E-state index contributed by atoms with van der Waals surface area (Å²) in [6, 6.07) is 1.17. The van der Waals surface area contributed by atoms with Gasteiger partial charge in [-0.3, -0.25) is 0 Å². The van der Waals surface area contributed by atoms with Gasteiger partial charge < -0.3 is 10.2 Å². The molecule has 0 aromatic carbocycles. The number of nitrogens with one attached hydrogen (secondary N) is 2. The number of hydrogen-bond acceptors (Lipinski definition) is 3. The van der Waals surface area contributed by atoms with Crippen molar-refractivity contribution in [3.63, 3.8) is 0 Å². The average Bonchev–Trinajstić information content (AvgIpc) is 2.62. The lowest BCUT2D eigenvalue weighted by Crippen LogP contribution is -2.46. The molecule has 2 N–H and O–H groups in total. The largest absolute Gasteiger partial charge is 0.312 e. The van der Waals surface area contributed by atoms with E-state index in [-0.39, 0.29) is 0 Å². The summed E-state index contributed by atoms with van der Waals surface area (Å²) >= 11 is 0. The summed E-state index contributed by atoms with van der Waals surface area (Å²) in [5.74, 6) is 0. The Morgan fingerprint density at radius 1 is 0.857 bits per heavy atom. The van der Waals surface area contributed by atoms with Crippen molar-refractivity contribution < 1.29 is 4.84 Å². The van der Waals surface area contributed by atoms with Gasteiger partial charge in [-0.2, -0.15) is 5.48 Å². The minimum Gasteiger partial charge on any atom is -0.312 e. The van der Waals surface area contributed by atoms with Gasteiger partial charge in [0, 0.05) is 12.1 Å². The lowest BCUT2D eigenvalue weighted by molar-refractivity contribution is 0.0189. The van der Waals surface area contributed by atoms with Gasteiger partial charge in [0.05, 0.1) is 6.61 Å². The molecule has 2 aliphatic heterocycles. The highest BCUT2D eigenvalue weighted by Crippen LogP contribution is 2.16. The second kappa shape index (κ2) is 5.69. The topological polar surface area (TPSA) is 33.3 Å². The zero-order valence-electron chi connectivity index (χ0n) is 8.93. The lowest BCUT2D eigenvalue weighted by atomic mass is 9.99. The van der Waals surface area contributed by atoms with Gasteiger partial charge in [0.1, 0.15) is 0 Å². The highest BCUT2D eigenvalue weighted by molar-refractivity contribution is 4.82. The summed E-state index contributed by atoms with van der Waals surface area (Å²) in [5, 5.41) is 3.64. The smallest absolute Gasteiger partial charge is 0.0682 e. The van der Waals surface area contributed by atoms with E-state index < -0.39 is 0 Å². The predicted molar refractivity (Wildman–Crippen MR) is 57.0 cm³/mol. The first-order valence-corrected chi connectivity index (χ1v) is 6.07. The third-order valence-corrected chi connectivity index (χ3v) is 3.33. The standard InChI is InChI=1S/C11H22N2O/c1-2-6-10(12-8-4-1)11-7-3-5-9-14-13-11/h10-13H,1-9H2. The van der Waals surface area contributed by atoms with Crippen molar-refractivity contribution in [2.24, 2.45) is 0 Å². The van der Waals surface area contributed by atoms with Crippen LogP contribution in [0.4, 0.5) is 0 Å². The Balaban J connectivity index is 1.83. The predicted octanol–water partition coefficient (Wildman–Crippen LogP) is 1.59. The monoisotopic (exact) mass is 198 g/mol. The highest BCUT2D eigenvalue weighted by atomic mass is 16.6. The van der Waals surface area contributed by atoms with Gasteiger partial charge in [-0.15, -0.1) is 0 Å². The first-order valence-electron chi connectivity index (χ1n) is 6.07. The zero-order valence-corrected chi connectivity index (χ0v) is 8.93. The Labute approximate surface area is 86.5 Å². The minimum absolute atomic E-state index is 0.538. The van der Waals surface area contributed by atoms with E-state index in [0.29, 0.717) is 12.1 Å².